The van der Waals surface area contributed by atoms with Gasteiger partial charge in [-0.15, -0.1) is 0 Å². The van der Waals surface area contributed by atoms with Crippen LogP contribution in [-0.2, 0) is 9.53 Å². The lowest BCUT2D eigenvalue weighted by Gasteiger charge is -2.22. The summed E-state index contributed by atoms with van der Waals surface area (Å²) < 4.78 is 6.06. The molecule has 0 aromatic carbocycles. The summed E-state index contributed by atoms with van der Waals surface area (Å²) in [6, 6.07) is 0. The Morgan fingerprint density at radius 2 is 2.18 bits per heavy atom. The number of nitrogens with zero attached hydrogens (tertiary/aromatic N) is 1. The molecule has 1 aliphatic rings. The van der Waals surface area contributed by atoms with E-state index in [1.165, 1.54) is 6.92 Å². The molecule has 0 aliphatic carbocycles. The van der Waals surface area contributed by atoms with E-state index in [9.17, 15) is 4.79 Å². The molecular formula is C8H16NO2+. The van der Waals surface area contributed by atoms with E-state index in [4.69, 9.17) is 4.74 Å². The van der Waals surface area contributed by atoms with E-state index in [2.05, 4.69) is 14.1 Å². The molecule has 0 saturated carbocycles. The summed E-state index contributed by atoms with van der Waals surface area (Å²) in [5.41, 5.74) is 0. The van der Waals surface area contributed by atoms with Gasteiger partial charge in [0.05, 0.1) is 20.6 Å². The molecule has 1 fully saturated rings. The molecule has 3 nitrogen and oxygen atoms in total. The predicted molar refractivity (Wildman–Crippen MR) is 42.0 cm³/mol. The monoisotopic (exact) mass is 158 g/mol. The molecule has 1 saturated heterocycles. The van der Waals surface area contributed by atoms with E-state index < -0.39 is 0 Å². The zero-order chi connectivity index (χ0) is 8.48. The number of hydrogen-bond donors (Lipinski definition) is 0. The Kier molecular flexibility index (Phi) is 2.18. The van der Waals surface area contributed by atoms with Crippen molar-refractivity contribution in [2.45, 2.75) is 19.4 Å². The van der Waals surface area contributed by atoms with Crippen molar-refractivity contribution in [2.24, 2.45) is 0 Å². The van der Waals surface area contributed by atoms with Gasteiger partial charge in [-0.25, -0.2) is 0 Å². The number of ether oxygens (including phenoxy) is 1. The fraction of sp³-hybridized carbons (Fsp3) is 0.875. The van der Waals surface area contributed by atoms with Gasteiger partial charge < -0.3 is 9.22 Å². The molecule has 1 aliphatic heterocycles. The second kappa shape index (κ2) is 2.81. The molecule has 0 radical (unpaired) electrons. The van der Waals surface area contributed by atoms with Crippen LogP contribution in [0, 0.1) is 0 Å². The topological polar surface area (TPSA) is 26.3 Å². The van der Waals surface area contributed by atoms with Gasteiger partial charge in [0.2, 0.25) is 0 Å². The standard InChI is InChI=1S/C8H16NO2/c1-7(10)11-8-4-5-9(2,3)6-8/h8H,4-6H2,1-3H3/q+1. The highest BCUT2D eigenvalue weighted by Gasteiger charge is 2.32. The Morgan fingerprint density at radius 3 is 2.55 bits per heavy atom. The first-order valence-electron chi connectivity index (χ1n) is 3.99. The number of rotatable bonds is 1. The highest BCUT2D eigenvalue weighted by molar-refractivity contribution is 5.66. The molecule has 0 amide bonds. The van der Waals surface area contributed by atoms with E-state index in [-0.39, 0.29) is 12.1 Å². The smallest absolute Gasteiger partial charge is 0.303 e. The van der Waals surface area contributed by atoms with Crippen LogP contribution in [0.5, 0.6) is 0 Å². The van der Waals surface area contributed by atoms with Crippen LogP contribution in [0.4, 0.5) is 0 Å². The van der Waals surface area contributed by atoms with Crippen molar-refractivity contribution in [1.29, 1.82) is 0 Å². The van der Waals surface area contributed by atoms with E-state index in [0.717, 1.165) is 24.0 Å². The Hall–Kier alpha value is -0.570. The van der Waals surface area contributed by atoms with Crippen LogP contribution in [0.2, 0.25) is 0 Å². The summed E-state index contributed by atoms with van der Waals surface area (Å²) in [6.45, 7) is 3.54. The molecule has 1 atom stereocenters. The second-order valence-electron chi connectivity index (χ2n) is 3.86. The molecule has 0 spiro atoms. The molecule has 0 aromatic rings. The minimum Gasteiger partial charge on any atom is -0.456 e. The maximum Gasteiger partial charge on any atom is 0.303 e. The highest BCUT2D eigenvalue weighted by Crippen LogP contribution is 2.16. The molecule has 1 unspecified atom stereocenters. The number of likely N-dealkylation sites (tertiary alicyclic amines) is 1. The summed E-state index contributed by atoms with van der Waals surface area (Å²) in [4.78, 5) is 10.6. The van der Waals surface area contributed by atoms with Crippen LogP contribution in [-0.4, -0.2) is 43.7 Å². The third kappa shape index (κ3) is 2.50. The van der Waals surface area contributed by atoms with Gasteiger partial charge in [0.1, 0.15) is 6.54 Å². The average molecular weight is 158 g/mol. The number of esters is 1. The Labute approximate surface area is 67.5 Å². The van der Waals surface area contributed by atoms with Crippen molar-refractivity contribution < 1.29 is 14.0 Å². The first-order valence-corrected chi connectivity index (χ1v) is 3.99. The van der Waals surface area contributed by atoms with Crippen LogP contribution >= 0.6 is 0 Å². The second-order valence-corrected chi connectivity index (χ2v) is 3.86. The number of carbonyl (C=O) groups excluding carboxylic acids is 1. The minimum absolute atomic E-state index is 0.155. The summed E-state index contributed by atoms with van der Waals surface area (Å²) in [6.07, 6.45) is 1.16. The maximum atomic E-state index is 10.6. The molecule has 1 rings (SSSR count). The van der Waals surface area contributed by atoms with E-state index in [1.807, 2.05) is 0 Å². The lowest BCUT2D eigenvalue weighted by atomic mass is 10.3. The van der Waals surface area contributed by atoms with Gasteiger partial charge in [-0.1, -0.05) is 0 Å². The van der Waals surface area contributed by atoms with E-state index >= 15 is 0 Å². The number of likely N-dealkylation sites (N-methyl/N-ethyl adjacent to an activating group) is 1. The molecule has 11 heavy (non-hydrogen) atoms. The van der Waals surface area contributed by atoms with Gasteiger partial charge in [-0.05, 0) is 0 Å². The molecule has 3 heteroatoms. The SMILES string of the molecule is CC(=O)OC1CC[N+](C)(C)C1. The lowest BCUT2D eigenvalue weighted by Crippen LogP contribution is -2.37. The van der Waals surface area contributed by atoms with Crippen molar-refractivity contribution in [3.8, 4) is 0 Å². The van der Waals surface area contributed by atoms with Crippen molar-refractivity contribution in [2.75, 3.05) is 27.2 Å². The quantitative estimate of drug-likeness (QED) is 0.408. The van der Waals surface area contributed by atoms with E-state index in [0.29, 0.717) is 0 Å². The third-order valence-corrected chi connectivity index (χ3v) is 2.09. The Bertz CT molecular complexity index is 165. The van der Waals surface area contributed by atoms with Crippen LogP contribution in [0.25, 0.3) is 0 Å². The largest absolute Gasteiger partial charge is 0.456 e. The molecular weight excluding hydrogens is 142 g/mol. The average Bonchev–Trinajstić information content (AvgIpc) is 2.08. The zero-order valence-electron chi connectivity index (χ0n) is 7.46. The number of quaternary nitrogens is 1. The van der Waals surface area contributed by atoms with Crippen molar-refractivity contribution >= 4 is 5.97 Å². The number of carbonyl (C=O) groups is 1. The Morgan fingerprint density at radius 1 is 1.55 bits per heavy atom. The van der Waals surface area contributed by atoms with E-state index in [1.54, 1.807) is 0 Å². The summed E-state index contributed by atoms with van der Waals surface area (Å²) >= 11 is 0. The highest BCUT2D eigenvalue weighted by atomic mass is 16.5. The van der Waals surface area contributed by atoms with Gasteiger partial charge >= 0.3 is 5.97 Å². The fourth-order valence-corrected chi connectivity index (χ4v) is 1.56. The molecule has 0 aromatic heterocycles. The van der Waals surface area contributed by atoms with Crippen LogP contribution in [0.15, 0.2) is 0 Å². The van der Waals surface area contributed by atoms with Crippen molar-refractivity contribution in [3.63, 3.8) is 0 Å². The molecule has 0 bridgehead atoms. The fourth-order valence-electron chi connectivity index (χ4n) is 1.56. The van der Waals surface area contributed by atoms with Gasteiger partial charge in [0, 0.05) is 13.3 Å². The van der Waals surface area contributed by atoms with Crippen molar-refractivity contribution in [1.82, 2.24) is 0 Å². The molecule has 64 valence electrons. The number of hydrogen-bond acceptors (Lipinski definition) is 2. The van der Waals surface area contributed by atoms with Gasteiger partial charge in [-0.3, -0.25) is 4.79 Å². The molecule has 0 N–H and O–H groups in total. The first-order chi connectivity index (χ1) is 4.99. The van der Waals surface area contributed by atoms with Gasteiger partial charge in [0.25, 0.3) is 0 Å². The predicted octanol–water partition coefficient (Wildman–Crippen LogP) is 0.398. The molecule has 1 heterocycles. The van der Waals surface area contributed by atoms with Gasteiger partial charge in [-0.2, -0.15) is 0 Å². The van der Waals surface area contributed by atoms with Crippen LogP contribution < -0.4 is 0 Å². The maximum absolute atomic E-state index is 10.6. The lowest BCUT2D eigenvalue weighted by molar-refractivity contribution is -0.879. The normalized spacial score (nSPS) is 28.5. The van der Waals surface area contributed by atoms with Crippen molar-refractivity contribution in [3.05, 3.63) is 0 Å². The summed E-state index contributed by atoms with van der Waals surface area (Å²) in [5, 5.41) is 0. The van der Waals surface area contributed by atoms with Crippen LogP contribution in [0.3, 0.4) is 0 Å². The Balaban J connectivity index is 2.36. The summed E-state index contributed by atoms with van der Waals surface area (Å²) in [7, 11) is 4.31. The summed E-state index contributed by atoms with van der Waals surface area (Å²) in [5.74, 6) is -0.156. The minimum atomic E-state index is -0.156. The third-order valence-electron chi connectivity index (χ3n) is 2.09. The van der Waals surface area contributed by atoms with Crippen LogP contribution in [0.1, 0.15) is 13.3 Å². The van der Waals surface area contributed by atoms with Gasteiger partial charge in [0.15, 0.2) is 6.10 Å². The zero-order valence-corrected chi connectivity index (χ0v) is 7.46. The first kappa shape index (κ1) is 8.53.